The van der Waals surface area contributed by atoms with Gasteiger partial charge in [0.2, 0.25) is 0 Å². The number of aliphatic imine (C=N–C) groups is 1. The van der Waals surface area contributed by atoms with Crippen LogP contribution in [0.2, 0.25) is 0 Å². The summed E-state index contributed by atoms with van der Waals surface area (Å²) in [6.07, 6.45) is 0. The van der Waals surface area contributed by atoms with Crippen LogP contribution >= 0.6 is 0 Å². The lowest BCUT2D eigenvalue weighted by Crippen LogP contribution is -2.36. The monoisotopic (exact) mass is 287 g/mol. The topological polar surface area (TPSA) is 79.9 Å². The summed E-state index contributed by atoms with van der Waals surface area (Å²) in [5.41, 5.74) is 3.97. The highest BCUT2D eigenvalue weighted by molar-refractivity contribution is 5.77. The molecule has 0 aliphatic rings. The molecule has 0 fully saturated rings. The number of rotatable bonds is 6. The molecule has 0 spiro atoms. The van der Waals surface area contributed by atoms with E-state index in [9.17, 15) is 13.9 Å². The van der Waals surface area contributed by atoms with Crippen LogP contribution in [0.15, 0.2) is 23.2 Å². The van der Waals surface area contributed by atoms with E-state index in [1.165, 1.54) is 13.0 Å². The van der Waals surface area contributed by atoms with Crippen molar-refractivity contribution in [3.8, 4) is 0 Å². The molecule has 1 rings (SSSR count). The quantitative estimate of drug-likeness (QED) is 0.409. The van der Waals surface area contributed by atoms with Gasteiger partial charge in [0.1, 0.15) is 17.2 Å². The third kappa shape index (κ3) is 4.75. The van der Waals surface area contributed by atoms with Gasteiger partial charge >= 0.3 is 0 Å². The van der Waals surface area contributed by atoms with Gasteiger partial charge in [-0.2, -0.15) is 0 Å². The van der Waals surface area contributed by atoms with Crippen molar-refractivity contribution in [1.29, 1.82) is 0 Å². The first-order valence-corrected chi connectivity index (χ1v) is 6.07. The van der Waals surface area contributed by atoms with Gasteiger partial charge in [0.05, 0.1) is 13.2 Å². The highest BCUT2D eigenvalue weighted by Gasteiger charge is 2.26. The number of halogens is 2. The minimum Gasteiger partial charge on any atom is -0.383 e. The Kier molecular flexibility index (Phi) is 5.84. The average Bonchev–Trinajstić information content (AvgIpc) is 2.36. The molecule has 1 aromatic carbocycles. The van der Waals surface area contributed by atoms with Crippen LogP contribution in [-0.4, -0.2) is 37.9 Å². The van der Waals surface area contributed by atoms with Crippen LogP contribution in [0.5, 0.6) is 0 Å². The fraction of sp³-hybridized carbons (Fsp3) is 0.462. The molecule has 0 heterocycles. The van der Waals surface area contributed by atoms with Crippen LogP contribution in [0.25, 0.3) is 0 Å². The standard InChI is InChI=1S/C13H19F2N3O2/c1-13(19,8-18-12(16)17-5-6-20-2)10-4-3-9(14)7-11(10)15/h3-4,7,19H,5-6,8H2,1-2H3,(H3,16,17,18). The smallest absolute Gasteiger partial charge is 0.188 e. The van der Waals surface area contributed by atoms with Crippen molar-refractivity contribution in [3.05, 3.63) is 35.4 Å². The van der Waals surface area contributed by atoms with E-state index >= 15 is 0 Å². The Balaban J connectivity index is 2.71. The maximum absolute atomic E-state index is 13.6. The van der Waals surface area contributed by atoms with Crippen molar-refractivity contribution in [2.24, 2.45) is 10.7 Å². The zero-order chi connectivity index (χ0) is 15.2. The Hall–Kier alpha value is -1.73. The third-order valence-electron chi connectivity index (χ3n) is 2.68. The largest absolute Gasteiger partial charge is 0.383 e. The number of guanidine groups is 1. The molecule has 0 aliphatic carbocycles. The van der Waals surface area contributed by atoms with E-state index in [4.69, 9.17) is 10.5 Å². The zero-order valence-electron chi connectivity index (χ0n) is 11.5. The highest BCUT2D eigenvalue weighted by Crippen LogP contribution is 2.24. The number of nitrogens with one attached hydrogen (secondary N) is 1. The van der Waals surface area contributed by atoms with Crippen LogP contribution in [0, 0.1) is 11.6 Å². The molecule has 112 valence electrons. The fourth-order valence-electron chi connectivity index (χ4n) is 1.59. The molecule has 0 amide bonds. The van der Waals surface area contributed by atoms with Gasteiger partial charge in [-0.25, -0.2) is 8.78 Å². The molecule has 0 radical (unpaired) electrons. The number of nitrogens with zero attached hydrogens (tertiary/aromatic N) is 1. The molecule has 5 nitrogen and oxygen atoms in total. The second kappa shape index (κ2) is 7.16. The van der Waals surface area contributed by atoms with E-state index in [0.717, 1.165) is 6.07 Å². The predicted molar refractivity (Wildman–Crippen MR) is 72.3 cm³/mol. The second-order valence-corrected chi connectivity index (χ2v) is 4.52. The van der Waals surface area contributed by atoms with Gasteiger partial charge in [-0.1, -0.05) is 6.07 Å². The SMILES string of the molecule is COCCNC(N)=NCC(C)(O)c1ccc(F)cc1F. The molecule has 0 aliphatic heterocycles. The molecule has 0 bridgehead atoms. The molecule has 1 atom stereocenters. The van der Waals surface area contributed by atoms with E-state index < -0.39 is 17.2 Å². The van der Waals surface area contributed by atoms with Crippen LogP contribution in [0.3, 0.4) is 0 Å². The number of ether oxygens (including phenoxy) is 1. The van der Waals surface area contributed by atoms with Crippen LogP contribution < -0.4 is 11.1 Å². The molecule has 4 N–H and O–H groups in total. The summed E-state index contributed by atoms with van der Waals surface area (Å²) in [6.45, 7) is 2.16. The van der Waals surface area contributed by atoms with Crippen molar-refractivity contribution in [1.82, 2.24) is 5.32 Å². The fourth-order valence-corrected chi connectivity index (χ4v) is 1.59. The second-order valence-electron chi connectivity index (χ2n) is 4.52. The molecule has 1 aromatic rings. The average molecular weight is 287 g/mol. The van der Waals surface area contributed by atoms with E-state index in [1.807, 2.05) is 0 Å². The number of benzene rings is 1. The predicted octanol–water partition coefficient (Wildman–Crippen LogP) is 0.723. The highest BCUT2D eigenvalue weighted by atomic mass is 19.1. The molecule has 0 saturated carbocycles. The first kappa shape index (κ1) is 16.3. The molecule has 20 heavy (non-hydrogen) atoms. The van der Waals surface area contributed by atoms with Gasteiger partial charge in [-0.3, -0.25) is 4.99 Å². The Labute approximate surface area is 116 Å². The van der Waals surface area contributed by atoms with Gasteiger partial charge in [0.15, 0.2) is 5.96 Å². The molecule has 0 saturated heterocycles. The van der Waals surface area contributed by atoms with E-state index in [1.54, 1.807) is 7.11 Å². The van der Waals surface area contributed by atoms with Crippen LogP contribution in [0.1, 0.15) is 12.5 Å². The molecule has 0 aromatic heterocycles. The van der Waals surface area contributed by atoms with Crippen molar-refractivity contribution in [3.63, 3.8) is 0 Å². The van der Waals surface area contributed by atoms with Gasteiger partial charge in [0.25, 0.3) is 0 Å². The summed E-state index contributed by atoms with van der Waals surface area (Å²) >= 11 is 0. The summed E-state index contributed by atoms with van der Waals surface area (Å²) in [5.74, 6) is -1.41. The van der Waals surface area contributed by atoms with Gasteiger partial charge in [-0.05, 0) is 13.0 Å². The molecule has 7 heteroatoms. The van der Waals surface area contributed by atoms with Crippen molar-refractivity contribution >= 4 is 5.96 Å². The Bertz CT molecular complexity index is 479. The molecular weight excluding hydrogens is 268 g/mol. The van der Waals surface area contributed by atoms with Crippen LogP contribution in [-0.2, 0) is 10.3 Å². The lowest BCUT2D eigenvalue weighted by atomic mass is 9.95. The lowest BCUT2D eigenvalue weighted by Gasteiger charge is -2.22. The number of hydrogen-bond acceptors (Lipinski definition) is 3. The maximum Gasteiger partial charge on any atom is 0.188 e. The van der Waals surface area contributed by atoms with Crippen molar-refractivity contribution < 1.29 is 18.6 Å². The summed E-state index contributed by atoms with van der Waals surface area (Å²) in [4.78, 5) is 3.92. The lowest BCUT2D eigenvalue weighted by molar-refractivity contribution is 0.0633. The Morgan fingerprint density at radius 2 is 2.20 bits per heavy atom. The number of methoxy groups -OCH3 is 1. The number of aliphatic hydroxyl groups is 1. The third-order valence-corrected chi connectivity index (χ3v) is 2.68. The summed E-state index contributed by atoms with van der Waals surface area (Å²) in [7, 11) is 1.55. The van der Waals surface area contributed by atoms with E-state index in [-0.39, 0.29) is 18.1 Å². The summed E-state index contributed by atoms with van der Waals surface area (Å²) in [5, 5.41) is 13.0. The van der Waals surface area contributed by atoms with Crippen LogP contribution in [0.4, 0.5) is 8.78 Å². The first-order valence-electron chi connectivity index (χ1n) is 6.07. The molecular formula is C13H19F2N3O2. The molecule has 1 unspecified atom stereocenters. The minimum absolute atomic E-state index is 0.0349. The van der Waals surface area contributed by atoms with E-state index in [2.05, 4.69) is 10.3 Å². The first-order chi connectivity index (χ1) is 9.36. The summed E-state index contributed by atoms with van der Waals surface area (Å²) in [6, 6.07) is 2.99. The van der Waals surface area contributed by atoms with Crippen molar-refractivity contribution in [2.75, 3.05) is 26.8 Å². The maximum atomic E-state index is 13.6. The van der Waals surface area contributed by atoms with E-state index in [0.29, 0.717) is 19.2 Å². The summed E-state index contributed by atoms with van der Waals surface area (Å²) < 4.78 is 31.3. The Morgan fingerprint density at radius 1 is 1.50 bits per heavy atom. The number of nitrogens with two attached hydrogens (primary N) is 1. The minimum atomic E-state index is -1.58. The Morgan fingerprint density at radius 3 is 2.80 bits per heavy atom. The van der Waals surface area contributed by atoms with Gasteiger partial charge < -0.3 is 20.9 Å². The number of hydrogen-bond donors (Lipinski definition) is 3. The van der Waals surface area contributed by atoms with Crippen molar-refractivity contribution in [2.45, 2.75) is 12.5 Å². The zero-order valence-corrected chi connectivity index (χ0v) is 11.5. The normalized spacial score (nSPS) is 14.9. The van der Waals surface area contributed by atoms with Gasteiger partial charge in [0, 0.05) is 25.3 Å². The van der Waals surface area contributed by atoms with Gasteiger partial charge in [-0.15, -0.1) is 0 Å².